The Bertz CT molecular complexity index is 1270. The summed E-state index contributed by atoms with van der Waals surface area (Å²) in [5, 5.41) is 13.7. The smallest absolute Gasteiger partial charge is 0.253 e. The Morgan fingerprint density at radius 2 is 1.88 bits per heavy atom. The lowest BCUT2D eigenvalue weighted by Gasteiger charge is -2.35. The van der Waals surface area contributed by atoms with E-state index in [0.29, 0.717) is 23.9 Å². The van der Waals surface area contributed by atoms with Gasteiger partial charge in [0, 0.05) is 5.56 Å². The number of aromatic amines is 1. The molecule has 7 nitrogen and oxygen atoms in total. The number of aryl methyl sites for hydroxylation is 1. The van der Waals surface area contributed by atoms with E-state index in [1.165, 1.54) is 0 Å². The molecule has 1 N–H and O–H groups in total. The van der Waals surface area contributed by atoms with Crippen molar-refractivity contribution < 1.29 is 0 Å². The zero-order valence-electron chi connectivity index (χ0n) is 18.5. The molecule has 7 heteroatoms. The fourth-order valence-corrected chi connectivity index (χ4v) is 4.67. The molecule has 5 rings (SSSR count). The molecule has 1 fully saturated rings. The summed E-state index contributed by atoms with van der Waals surface area (Å²) in [5.74, 6) is 1.39. The van der Waals surface area contributed by atoms with E-state index >= 15 is 0 Å². The minimum absolute atomic E-state index is 0.0790. The molecular formula is C25H28N6O. The molecule has 1 aliphatic rings. The predicted octanol–water partition coefficient (Wildman–Crippen LogP) is 3.69. The molecule has 0 radical (unpaired) electrons. The maximum absolute atomic E-state index is 13.3. The highest BCUT2D eigenvalue weighted by atomic mass is 16.1. The number of nitrogens with one attached hydrogen (secondary N) is 1. The van der Waals surface area contributed by atoms with Crippen molar-refractivity contribution in [3.8, 4) is 0 Å². The number of para-hydroxylation sites is 1. The van der Waals surface area contributed by atoms with Crippen LogP contribution in [0.2, 0.25) is 0 Å². The molecule has 1 aliphatic heterocycles. The van der Waals surface area contributed by atoms with Crippen molar-refractivity contribution >= 4 is 10.9 Å². The molecule has 0 bridgehead atoms. The van der Waals surface area contributed by atoms with Crippen molar-refractivity contribution in [2.45, 2.75) is 39.3 Å². The summed E-state index contributed by atoms with van der Waals surface area (Å²) >= 11 is 0. The third-order valence-electron chi connectivity index (χ3n) is 6.57. The van der Waals surface area contributed by atoms with Crippen LogP contribution in [0.3, 0.4) is 0 Å². The maximum atomic E-state index is 13.3. The molecule has 2 aromatic heterocycles. The number of piperidine rings is 1. The Balaban J connectivity index is 1.62. The third-order valence-corrected chi connectivity index (χ3v) is 6.57. The van der Waals surface area contributed by atoms with Gasteiger partial charge in [0.2, 0.25) is 0 Å². The van der Waals surface area contributed by atoms with E-state index in [2.05, 4.69) is 44.5 Å². The van der Waals surface area contributed by atoms with Crippen LogP contribution in [-0.4, -0.2) is 43.2 Å². The highest BCUT2D eigenvalue weighted by Crippen LogP contribution is 2.31. The quantitative estimate of drug-likeness (QED) is 0.524. The van der Waals surface area contributed by atoms with Crippen molar-refractivity contribution in [1.82, 2.24) is 30.1 Å². The van der Waals surface area contributed by atoms with Gasteiger partial charge < -0.3 is 4.98 Å². The molecule has 2 aromatic carbocycles. The van der Waals surface area contributed by atoms with E-state index in [1.807, 2.05) is 54.1 Å². The van der Waals surface area contributed by atoms with Crippen molar-refractivity contribution in [3.05, 3.63) is 87.5 Å². The maximum Gasteiger partial charge on any atom is 0.253 e. The van der Waals surface area contributed by atoms with Crippen molar-refractivity contribution in [3.63, 3.8) is 0 Å². The van der Waals surface area contributed by atoms with Crippen LogP contribution in [0.15, 0.2) is 59.4 Å². The van der Waals surface area contributed by atoms with Crippen molar-refractivity contribution in [1.29, 1.82) is 0 Å². The van der Waals surface area contributed by atoms with Crippen molar-refractivity contribution in [2.24, 2.45) is 5.92 Å². The zero-order chi connectivity index (χ0) is 22.1. The van der Waals surface area contributed by atoms with E-state index in [-0.39, 0.29) is 11.6 Å². The summed E-state index contributed by atoms with van der Waals surface area (Å²) in [6, 6.07) is 18.0. The lowest BCUT2D eigenvalue weighted by Crippen LogP contribution is -2.40. The lowest BCUT2D eigenvalue weighted by atomic mass is 9.95. The first-order valence-electron chi connectivity index (χ1n) is 11.3. The SMILES string of the molecule is Cc1cccc2cc([C@H](c3nnnn3Cc3ccccc3)N3CCC(C)CC3)c(=O)[nH]c12. The van der Waals surface area contributed by atoms with E-state index in [1.54, 1.807) is 0 Å². The molecule has 0 amide bonds. The van der Waals surface area contributed by atoms with Gasteiger partial charge in [-0.15, -0.1) is 5.10 Å². The first-order chi connectivity index (χ1) is 15.6. The number of rotatable bonds is 5. The van der Waals surface area contributed by atoms with Gasteiger partial charge in [0.05, 0.1) is 12.1 Å². The molecule has 164 valence electrons. The number of benzene rings is 2. The summed E-state index contributed by atoms with van der Waals surface area (Å²) in [6.45, 7) is 6.69. The van der Waals surface area contributed by atoms with Crippen LogP contribution in [-0.2, 0) is 6.54 Å². The number of H-pyrrole nitrogens is 1. The number of aromatic nitrogens is 5. The van der Waals surface area contributed by atoms with E-state index in [9.17, 15) is 4.79 Å². The molecule has 4 aromatic rings. The van der Waals surface area contributed by atoms with E-state index < -0.39 is 0 Å². The van der Waals surface area contributed by atoms with Crippen LogP contribution in [0.1, 0.15) is 48.3 Å². The van der Waals surface area contributed by atoms with E-state index in [4.69, 9.17) is 0 Å². The van der Waals surface area contributed by atoms with Gasteiger partial charge in [0.1, 0.15) is 6.04 Å². The molecule has 32 heavy (non-hydrogen) atoms. The number of pyridine rings is 1. The number of hydrogen-bond donors (Lipinski definition) is 1. The number of likely N-dealkylation sites (tertiary alicyclic amines) is 1. The van der Waals surface area contributed by atoms with Gasteiger partial charge in [-0.05, 0) is 71.8 Å². The lowest BCUT2D eigenvalue weighted by molar-refractivity contribution is 0.149. The standard InChI is InChI=1S/C25H28N6O/c1-17-11-13-30(14-12-17)23(21-15-20-10-6-7-18(2)22(20)26-25(21)32)24-27-28-29-31(24)16-19-8-4-3-5-9-19/h3-10,15,17,23H,11-14,16H2,1-2H3,(H,26,32)/t23-/m1/s1. The largest absolute Gasteiger partial charge is 0.321 e. The number of hydrogen-bond acceptors (Lipinski definition) is 5. The first-order valence-corrected chi connectivity index (χ1v) is 11.3. The summed E-state index contributed by atoms with van der Waals surface area (Å²) in [5.41, 5.74) is 3.68. The van der Waals surface area contributed by atoms with Gasteiger partial charge in [-0.2, -0.15) is 0 Å². The minimum atomic E-state index is -0.296. The number of nitrogens with zero attached hydrogens (tertiary/aromatic N) is 5. The fourth-order valence-electron chi connectivity index (χ4n) is 4.67. The average Bonchev–Trinajstić information content (AvgIpc) is 3.24. The Hall–Kier alpha value is -3.32. The van der Waals surface area contributed by atoms with Crippen LogP contribution >= 0.6 is 0 Å². The van der Waals surface area contributed by atoms with Gasteiger partial charge in [-0.25, -0.2) is 4.68 Å². The molecule has 3 heterocycles. The van der Waals surface area contributed by atoms with E-state index in [0.717, 1.165) is 48.0 Å². The predicted molar refractivity (Wildman–Crippen MR) is 124 cm³/mol. The number of fused-ring (bicyclic) bond motifs is 1. The average molecular weight is 429 g/mol. The Morgan fingerprint density at radius 3 is 2.66 bits per heavy atom. The Morgan fingerprint density at radius 1 is 1.09 bits per heavy atom. The number of tetrazole rings is 1. The van der Waals surface area contributed by atoms with Crippen LogP contribution in [0.25, 0.3) is 10.9 Å². The van der Waals surface area contributed by atoms with Gasteiger partial charge in [-0.3, -0.25) is 9.69 Å². The summed E-state index contributed by atoms with van der Waals surface area (Å²) in [7, 11) is 0. The summed E-state index contributed by atoms with van der Waals surface area (Å²) in [4.78, 5) is 18.8. The van der Waals surface area contributed by atoms with Crippen LogP contribution < -0.4 is 5.56 Å². The molecular weight excluding hydrogens is 400 g/mol. The second kappa shape index (κ2) is 8.67. The third kappa shape index (κ3) is 3.96. The monoisotopic (exact) mass is 428 g/mol. The highest BCUT2D eigenvalue weighted by Gasteiger charge is 2.32. The molecule has 1 atom stereocenters. The Labute approximate surface area is 187 Å². The van der Waals surface area contributed by atoms with Gasteiger partial charge in [-0.1, -0.05) is 55.5 Å². The molecule has 0 spiro atoms. The normalized spacial score (nSPS) is 16.4. The molecule has 0 aliphatic carbocycles. The highest BCUT2D eigenvalue weighted by molar-refractivity contribution is 5.82. The van der Waals surface area contributed by atoms with Crippen molar-refractivity contribution in [2.75, 3.05) is 13.1 Å². The van der Waals surface area contributed by atoms with Gasteiger partial charge in [0.25, 0.3) is 5.56 Å². The van der Waals surface area contributed by atoms with Crippen LogP contribution in [0, 0.1) is 12.8 Å². The molecule has 0 unspecified atom stereocenters. The summed E-state index contributed by atoms with van der Waals surface area (Å²) in [6.07, 6.45) is 2.20. The topological polar surface area (TPSA) is 79.7 Å². The van der Waals surface area contributed by atoms with Crippen LogP contribution in [0.5, 0.6) is 0 Å². The zero-order valence-corrected chi connectivity index (χ0v) is 18.5. The van der Waals surface area contributed by atoms with Gasteiger partial charge >= 0.3 is 0 Å². The second-order valence-electron chi connectivity index (χ2n) is 8.89. The summed E-state index contributed by atoms with van der Waals surface area (Å²) < 4.78 is 1.83. The van der Waals surface area contributed by atoms with Crippen LogP contribution in [0.4, 0.5) is 0 Å². The fraction of sp³-hybridized carbons (Fsp3) is 0.360. The molecule has 1 saturated heterocycles. The first kappa shape index (κ1) is 20.6. The molecule has 0 saturated carbocycles. The second-order valence-corrected chi connectivity index (χ2v) is 8.89. The minimum Gasteiger partial charge on any atom is -0.321 e. The Kier molecular flexibility index (Phi) is 5.57. The van der Waals surface area contributed by atoms with Gasteiger partial charge in [0.15, 0.2) is 5.82 Å².